The zero-order valence-electron chi connectivity index (χ0n) is 17.8. The van der Waals surface area contributed by atoms with Crippen molar-refractivity contribution in [2.45, 2.75) is 0 Å². The van der Waals surface area contributed by atoms with Gasteiger partial charge in [-0.15, -0.1) is 0 Å². The first-order valence-corrected chi connectivity index (χ1v) is 10.5. The van der Waals surface area contributed by atoms with E-state index in [4.69, 9.17) is 5.11 Å². The Morgan fingerprint density at radius 3 is 2.53 bits per heavy atom. The van der Waals surface area contributed by atoms with Crippen molar-refractivity contribution in [3.8, 4) is 11.3 Å². The van der Waals surface area contributed by atoms with Crippen LogP contribution in [0.5, 0.6) is 0 Å². The van der Waals surface area contributed by atoms with E-state index in [0.29, 0.717) is 42.9 Å². The molecule has 1 amide bonds. The maximum absolute atomic E-state index is 14.7. The summed E-state index contributed by atoms with van der Waals surface area (Å²) in [5, 5.41) is 12.6. The first-order chi connectivity index (χ1) is 16.5. The number of pyridine rings is 2. The molecule has 0 radical (unpaired) electrons. The molecule has 1 fully saturated rings. The summed E-state index contributed by atoms with van der Waals surface area (Å²) in [6.07, 6.45) is 3.27. The van der Waals surface area contributed by atoms with Gasteiger partial charge in [0.1, 0.15) is 17.3 Å². The topological polar surface area (TPSA) is 107 Å². The number of halogens is 2. The van der Waals surface area contributed by atoms with Gasteiger partial charge in [0.15, 0.2) is 5.82 Å². The van der Waals surface area contributed by atoms with Crippen LogP contribution in [0.2, 0.25) is 0 Å². The number of carbonyl (C=O) groups is 1. The zero-order chi connectivity index (χ0) is 23.7. The van der Waals surface area contributed by atoms with Gasteiger partial charge in [-0.3, -0.25) is 4.98 Å². The summed E-state index contributed by atoms with van der Waals surface area (Å²) in [6, 6.07) is 9.78. The number of rotatable bonds is 4. The van der Waals surface area contributed by atoms with Crippen LogP contribution in [0.15, 0.2) is 55.0 Å². The number of hydrogen-bond donors (Lipinski definition) is 2. The fourth-order valence-corrected chi connectivity index (χ4v) is 3.81. The van der Waals surface area contributed by atoms with Gasteiger partial charge < -0.3 is 20.2 Å². The van der Waals surface area contributed by atoms with E-state index in [1.54, 1.807) is 30.6 Å². The first-order valence-electron chi connectivity index (χ1n) is 10.5. The number of amides is 1. The number of piperazine rings is 1. The summed E-state index contributed by atoms with van der Waals surface area (Å²) in [6.45, 7) is 1.97. The van der Waals surface area contributed by atoms with Gasteiger partial charge in [-0.1, -0.05) is 6.07 Å². The van der Waals surface area contributed by atoms with Crippen LogP contribution in [0.3, 0.4) is 0 Å². The molecule has 1 aromatic carbocycles. The Balaban J connectivity index is 1.35. The van der Waals surface area contributed by atoms with E-state index < -0.39 is 17.7 Å². The third-order valence-corrected chi connectivity index (χ3v) is 5.59. The standard InChI is InChI=1S/C23H19F2N7O2/c24-17-11-19-14(2-1-5-26-19)10-16(17)21-18(25)13-28-22(30-21)29-20-4-3-15(12-27-20)31-6-8-32(9-7-31)23(33)34/h1-5,10-13H,6-9H2,(H,33,34)(H,27,28,29,30). The second-order valence-corrected chi connectivity index (χ2v) is 7.70. The Morgan fingerprint density at radius 1 is 0.971 bits per heavy atom. The smallest absolute Gasteiger partial charge is 0.407 e. The largest absolute Gasteiger partial charge is 0.465 e. The van der Waals surface area contributed by atoms with E-state index >= 15 is 0 Å². The van der Waals surface area contributed by atoms with Gasteiger partial charge in [-0.25, -0.2) is 28.5 Å². The number of nitrogens with one attached hydrogen (secondary N) is 1. The molecule has 1 saturated heterocycles. The van der Waals surface area contributed by atoms with E-state index in [2.05, 4.69) is 25.3 Å². The summed E-state index contributed by atoms with van der Waals surface area (Å²) < 4.78 is 29.2. The number of hydrogen-bond acceptors (Lipinski definition) is 7. The maximum atomic E-state index is 14.7. The minimum Gasteiger partial charge on any atom is -0.465 e. The molecule has 0 atom stereocenters. The minimum atomic E-state index is -0.920. The fourth-order valence-electron chi connectivity index (χ4n) is 3.81. The molecule has 1 aliphatic heterocycles. The van der Waals surface area contributed by atoms with Crippen molar-refractivity contribution in [2.75, 3.05) is 36.4 Å². The van der Waals surface area contributed by atoms with Crippen molar-refractivity contribution in [1.29, 1.82) is 0 Å². The van der Waals surface area contributed by atoms with Gasteiger partial charge in [0.25, 0.3) is 0 Å². The van der Waals surface area contributed by atoms with E-state index in [0.717, 1.165) is 11.9 Å². The third-order valence-electron chi connectivity index (χ3n) is 5.59. The van der Waals surface area contributed by atoms with E-state index in [-0.39, 0.29) is 17.2 Å². The SMILES string of the molecule is O=C(O)N1CCN(c2ccc(Nc3ncc(F)c(-c4cc5cccnc5cc4F)n3)nc2)CC1. The Bertz CT molecular complexity index is 1360. The molecule has 3 aromatic heterocycles. The summed E-state index contributed by atoms with van der Waals surface area (Å²) >= 11 is 0. The molecule has 0 unspecified atom stereocenters. The molecule has 1 aliphatic rings. The quantitative estimate of drug-likeness (QED) is 0.469. The molecule has 4 aromatic rings. The minimum absolute atomic E-state index is 0.00672. The summed E-state index contributed by atoms with van der Waals surface area (Å²) in [4.78, 5) is 31.0. The zero-order valence-corrected chi connectivity index (χ0v) is 17.8. The van der Waals surface area contributed by atoms with Crippen molar-refractivity contribution < 1.29 is 18.7 Å². The van der Waals surface area contributed by atoms with E-state index in [1.165, 1.54) is 17.0 Å². The molecule has 4 heterocycles. The van der Waals surface area contributed by atoms with Crippen molar-refractivity contribution in [3.63, 3.8) is 0 Å². The van der Waals surface area contributed by atoms with Gasteiger partial charge in [0, 0.05) is 49.4 Å². The van der Waals surface area contributed by atoms with Crippen LogP contribution in [0.25, 0.3) is 22.2 Å². The normalized spacial score (nSPS) is 13.8. The highest BCUT2D eigenvalue weighted by molar-refractivity contribution is 5.84. The van der Waals surface area contributed by atoms with Crippen LogP contribution in [-0.4, -0.2) is 62.2 Å². The predicted octanol–water partition coefficient (Wildman–Crippen LogP) is 3.91. The molecule has 0 aliphatic carbocycles. The molecule has 0 saturated carbocycles. The second-order valence-electron chi connectivity index (χ2n) is 7.70. The van der Waals surface area contributed by atoms with Crippen LogP contribution in [0.4, 0.5) is 31.0 Å². The molecule has 0 spiro atoms. The number of fused-ring (bicyclic) bond motifs is 1. The van der Waals surface area contributed by atoms with Crippen LogP contribution in [0.1, 0.15) is 0 Å². The number of aromatic nitrogens is 4. The van der Waals surface area contributed by atoms with Crippen LogP contribution in [0, 0.1) is 11.6 Å². The predicted molar refractivity (Wildman–Crippen MR) is 122 cm³/mol. The van der Waals surface area contributed by atoms with Gasteiger partial charge in [-0.05, 0) is 24.3 Å². The number of carboxylic acid groups (broad SMARTS) is 1. The van der Waals surface area contributed by atoms with Crippen LogP contribution < -0.4 is 10.2 Å². The van der Waals surface area contributed by atoms with Crippen molar-refractivity contribution in [2.24, 2.45) is 0 Å². The van der Waals surface area contributed by atoms with Crippen molar-refractivity contribution in [3.05, 3.63) is 66.6 Å². The molecule has 2 N–H and O–H groups in total. The lowest BCUT2D eigenvalue weighted by Crippen LogP contribution is -2.48. The average molecular weight is 463 g/mol. The second kappa shape index (κ2) is 8.85. The molecule has 172 valence electrons. The summed E-state index contributed by atoms with van der Waals surface area (Å²) in [5.74, 6) is -0.900. The maximum Gasteiger partial charge on any atom is 0.407 e. The van der Waals surface area contributed by atoms with Crippen molar-refractivity contribution >= 4 is 34.4 Å². The Morgan fingerprint density at radius 2 is 1.79 bits per heavy atom. The van der Waals surface area contributed by atoms with Gasteiger partial charge >= 0.3 is 6.09 Å². The first kappa shape index (κ1) is 21.4. The molecule has 9 nitrogen and oxygen atoms in total. The number of nitrogens with zero attached hydrogens (tertiary/aromatic N) is 6. The average Bonchev–Trinajstić information content (AvgIpc) is 2.85. The van der Waals surface area contributed by atoms with E-state index in [9.17, 15) is 13.6 Å². The Kier molecular flexibility index (Phi) is 5.58. The third kappa shape index (κ3) is 4.27. The van der Waals surface area contributed by atoms with Crippen molar-refractivity contribution in [1.82, 2.24) is 24.8 Å². The van der Waals surface area contributed by atoms with Gasteiger partial charge in [-0.2, -0.15) is 0 Å². The number of anilines is 3. The summed E-state index contributed by atoms with van der Waals surface area (Å²) in [5.41, 5.74) is 1.15. The molecule has 11 heteroatoms. The molecule has 0 bridgehead atoms. The highest BCUT2D eigenvalue weighted by atomic mass is 19.1. The molecule has 34 heavy (non-hydrogen) atoms. The summed E-state index contributed by atoms with van der Waals surface area (Å²) in [7, 11) is 0. The molecule has 5 rings (SSSR count). The molecular formula is C23H19F2N7O2. The monoisotopic (exact) mass is 463 g/mol. The lowest BCUT2D eigenvalue weighted by molar-refractivity contribution is 0.142. The van der Waals surface area contributed by atoms with Gasteiger partial charge in [0.2, 0.25) is 5.95 Å². The Labute approximate surface area is 192 Å². The highest BCUT2D eigenvalue weighted by Gasteiger charge is 2.21. The number of benzene rings is 1. The molecular weight excluding hydrogens is 444 g/mol. The lowest BCUT2D eigenvalue weighted by atomic mass is 10.1. The van der Waals surface area contributed by atoms with E-state index in [1.807, 2.05) is 11.0 Å². The van der Waals surface area contributed by atoms with Gasteiger partial charge in [0.05, 0.1) is 23.6 Å². The van der Waals surface area contributed by atoms with Crippen LogP contribution >= 0.6 is 0 Å². The highest BCUT2D eigenvalue weighted by Crippen LogP contribution is 2.28. The van der Waals surface area contributed by atoms with Crippen LogP contribution in [-0.2, 0) is 0 Å². The lowest BCUT2D eigenvalue weighted by Gasteiger charge is -2.34. The fraction of sp³-hybridized carbons (Fsp3) is 0.174. The Hall–Kier alpha value is -4.41.